The van der Waals surface area contributed by atoms with E-state index in [1.54, 1.807) is 0 Å². The van der Waals surface area contributed by atoms with Crippen molar-refractivity contribution in [2.24, 2.45) is 0 Å². The molecule has 0 aromatic carbocycles. The van der Waals surface area contributed by atoms with Crippen molar-refractivity contribution in [3.63, 3.8) is 0 Å². The highest BCUT2D eigenvalue weighted by molar-refractivity contribution is 5.76. The van der Waals surface area contributed by atoms with Gasteiger partial charge in [-0.25, -0.2) is 0 Å². The van der Waals surface area contributed by atoms with Gasteiger partial charge in [0.2, 0.25) is 0 Å². The minimum atomic E-state index is 0.734. The minimum Gasteiger partial charge on any atom is -0.314 e. The number of carbonyl (C=O) groups is 1. The summed E-state index contributed by atoms with van der Waals surface area (Å²) in [5.41, 5.74) is 2.80. The van der Waals surface area contributed by atoms with Crippen molar-refractivity contribution in [2.75, 3.05) is 0 Å². The van der Waals surface area contributed by atoms with Gasteiger partial charge in [0, 0.05) is 11.7 Å². The van der Waals surface area contributed by atoms with Crippen molar-refractivity contribution >= 4 is 11.8 Å². The van der Waals surface area contributed by atoms with Crippen LogP contribution in [0, 0.1) is 6.92 Å². The molecule has 0 aliphatic rings. The second-order valence-corrected chi connectivity index (χ2v) is 2.82. The van der Waals surface area contributed by atoms with Gasteiger partial charge >= 0.3 is 0 Å². The number of hydrogen-bond donors (Lipinski definition) is 0. The summed E-state index contributed by atoms with van der Waals surface area (Å²) in [7, 11) is 0. The van der Waals surface area contributed by atoms with Crippen molar-refractivity contribution in [2.45, 2.75) is 6.92 Å². The van der Waals surface area contributed by atoms with Gasteiger partial charge in [-0.1, -0.05) is 6.07 Å². The van der Waals surface area contributed by atoms with E-state index in [0.717, 1.165) is 23.1 Å². The first-order valence-electron chi connectivity index (χ1n) is 3.85. The van der Waals surface area contributed by atoms with Gasteiger partial charge in [0.05, 0.1) is 5.69 Å². The van der Waals surface area contributed by atoms with Crippen LogP contribution >= 0.6 is 0 Å². The van der Waals surface area contributed by atoms with E-state index in [4.69, 9.17) is 0 Å². The first kappa shape index (κ1) is 7.10. The van der Waals surface area contributed by atoms with Crippen molar-refractivity contribution in [3.8, 4) is 0 Å². The maximum absolute atomic E-state index is 10.7. The van der Waals surface area contributed by atoms with Gasteiger partial charge in [-0.15, -0.1) is 0 Å². The van der Waals surface area contributed by atoms with E-state index in [9.17, 15) is 4.79 Å². The summed E-state index contributed by atoms with van der Waals surface area (Å²) in [4.78, 5) is 10.7. The van der Waals surface area contributed by atoms with Crippen LogP contribution < -0.4 is 0 Å². The Hall–Kier alpha value is -1.57. The largest absolute Gasteiger partial charge is 0.314 e. The molecule has 60 valence electrons. The fourth-order valence-electron chi connectivity index (χ4n) is 1.38. The Morgan fingerprint density at radius 2 is 2.17 bits per heavy atom. The molecule has 2 nitrogen and oxygen atoms in total. The number of aldehydes is 1. The lowest BCUT2D eigenvalue weighted by Gasteiger charge is -2.02. The number of nitrogens with zero attached hydrogens (tertiary/aromatic N) is 1. The molecule has 2 rings (SSSR count). The Bertz CT molecular complexity index is 428. The maximum Gasteiger partial charge on any atom is 0.167 e. The third kappa shape index (κ3) is 0.848. The lowest BCUT2D eigenvalue weighted by atomic mass is 10.2. The molecule has 0 atom stereocenters. The molecule has 0 N–H and O–H groups in total. The summed E-state index contributed by atoms with van der Waals surface area (Å²) in [5.74, 6) is 0. The number of rotatable bonds is 1. The van der Waals surface area contributed by atoms with E-state index >= 15 is 0 Å². The smallest absolute Gasteiger partial charge is 0.167 e. The number of fused-ring (bicyclic) bond motifs is 1. The molecule has 0 unspecified atom stereocenters. The molecule has 0 amide bonds. The van der Waals surface area contributed by atoms with Crippen LogP contribution in [-0.4, -0.2) is 10.7 Å². The van der Waals surface area contributed by atoms with Crippen molar-refractivity contribution < 1.29 is 4.79 Å². The standard InChI is InChI=1S/C10H9NO/c1-8-4-5-9-3-2-6-11(9)10(8)7-12/h2-7H,1H3. The van der Waals surface area contributed by atoms with E-state index < -0.39 is 0 Å². The molecule has 0 saturated carbocycles. The van der Waals surface area contributed by atoms with Crippen LogP contribution in [0.15, 0.2) is 30.5 Å². The molecule has 0 aliphatic carbocycles. The summed E-state index contributed by atoms with van der Waals surface area (Å²) in [6, 6.07) is 7.87. The van der Waals surface area contributed by atoms with Crippen LogP contribution in [0.3, 0.4) is 0 Å². The van der Waals surface area contributed by atoms with Crippen LogP contribution in [-0.2, 0) is 0 Å². The second kappa shape index (κ2) is 2.48. The van der Waals surface area contributed by atoms with Crippen LogP contribution in [0.2, 0.25) is 0 Å². The molecule has 0 spiro atoms. The lowest BCUT2D eigenvalue weighted by molar-refractivity contribution is 0.111. The van der Waals surface area contributed by atoms with Crippen LogP contribution in [0.1, 0.15) is 16.1 Å². The van der Waals surface area contributed by atoms with Crippen molar-refractivity contribution in [1.29, 1.82) is 0 Å². The highest BCUT2D eigenvalue weighted by atomic mass is 16.1. The SMILES string of the molecule is Cc1ccc2cccn2c1C=O. The third-order valence-corrected chi connectivity index (χ3v) is 2.06. The maximum atomic E-state index is 10.7. The highest BCUT2D eigenvalue weighted by Gasteiger charge is 2.00. The van der Waals surface area contributed by atoms with Crippen LogP contribution in [0.25, 0.3) is 5.52 Å². The van der Waals surface area contributed by atoms with Gasteiger partial charge in [0.1, 0.15) is 0 Å². The van der Waals surface area contributed by atoms with Crippen LogP contribution in [0.4, 0.5) is 0 Å². The Balaban J connectivity index is 2.91. The van der Waals surface area contributed by atoms with E-state index in [0.29, 0.717) is 0 Å². The first-order chi connectivity index (χ1) is 5.83. The Morgan fingerprint density at radius 1 is 1.33 bits per heavy atom. The van der Waals surface area contributed by atoms with Gasteiger partial charge in [-0.3, -0.25) is 4.79 Å². The van der Waals surface area contributed by atoms with Crippen molar-refractivity contribution in [1.82, 2.24) is 4.40 Å². The molecule has 2 aromatic rings. The summed E-state index contributed by atoms with van der Waals surface area (Å²) in [5, 5.41) is 0. The number of carbonyl (C=O) groups excluding carboxylic acids is 1. The number of hydrogen-bond acceptors (Lipinski definition) is 1. The molecule has 2 aromatic heterocycles. The molecule has 2 heteroatoms. The van der Waals surface area contributed by atoms with Gasteiger partial charge < -0.3 is 4.40 Å². The van der Waals surface area contributed by atoms with Crippen molar-refractivity contribution in [3.05, 3.63) is 41.7 Å². The zero-order chi connectivity index (χ0) is 8.55. The van der Waals surface area contributed by atoms with Crippen LogP contribution in [0.5, 0.6) is 0 Å². The van der Waals surface area contributed by atoms with Gasteiger partial charge in [0.25, 0.3) is 0 Å². The van der Waals surface area contributed by atoms with E-state index in [1.807, 2.05) is 41.8 Å². The third-order valence-electron chi connectivity index (χ3n) is 2.06. The molecule has 2 heterocycles. The topological polar surface area (TPSA) is 21.5 Å². The second-order valence-electron chi connectivity index (χ2n) is 2.82. The quantitative estimate of drug-likeness (QED) is 0.583. The fourth-order valence-corrected chi connectivity index (χ4v) is 1.38. The average Bonchev–Trinajstić information content (AvgIpc) is 2.52. The monoisotopic (exact) mass is 159 g/mol. The molecule has 0 bridgehead atoms. The summed E-state index contributed by atoms with van der Waals surface area (Å²) in [6.45, 7) is 1.93. The minimum absolute atomic E-state index is 0.734. The zero-order valence-corrected chi connectivity index (χ0v) is 6.82. The normalized spacial score (nSPS) is 10.4. The molecule has 0 fully saturated rings. The first-order valence-corrected chi connectivity index (χ1v) is 3.85. The Labute approximate surface area is 70.4 Å². The predicted molar refractivity (Wildman–Crippen MR) is 47.5 cm³/mol. The van der Waals surface area contributed by atoms with Gasteiger partial charge in [-0.2, -0.15) is 0 Å². The zero-order valence-electron chi connectivity index (χ0n) is 6.82. The molecule has 0 aliphatic heterocycles. The van der Waals surface area contributed by atoms with Gasteiger partial charge in [0.15, 0.2) is 6.29 Å². The molecule has 12 heavy (non-hydrogen) atoms. The lowest BCUT2D eigenvalue weighted by Crippen LogP contribution is -1.96. The summed E-state index contributed by atoms with van der Waals surface area (Å²) in [6.07, 6.45) is 2.79. The molecule has 0 radical (unpaired) electrons. The summed E-state index contributed by atoms with van der Waals surface area (Å²) >= 11 is 0. The van der Waals surface area contributed by atoms with E-state index in [-0.39, 0.29) is 0 Å². The number of pyridine rings is 1. The predicted octanol–water partition coefficient (Wildman–Crippen LogP) is 2.06. The average molecular weight is 159 g/mol. The highest BCUT2D eigenvalue weighted by Crippen LogP contribution is 2.11. The molecular formula is C10H9NO. The number of aromatic nitrogens is 1. The van der Waals surface area contributed by atoms with Gasteiger partial charge in [-0.05, 0) is 30.7 Å². The molecule has 0 saturated heterocycles. The van der Waals surface area contributed by atoms with E-state index in [2.05, 4.69) is 0 Å². The fraction of sp³-hybridized carbons (Fsp3) is 0.100. The Kier molecular flexibility index (Phi) is 1.47. The molecular weight excluding hydrogens is 150 g/mol. The Morgan fingerprint density at radius 3 is 2.92 bits per heavy atom. The van der Waals surface area contributed by atoms with E-state index in [1.165, 1.54) is 0 Å². The number of aryl methyl sites for hydroxylation is 1. The summed E-state index contributed by atoms with van der Waals surface area (Å²) < 4.78 is 1.89.